The van der Waals surface area contributed by atoms with Crippen molar-refractivity contribution in [2.75, 3.05) is 10.6 Å². The minimum Gasteiger partial charge on any atom is -0.320 e. The van der Waals surface area contributed by atoms with Crippen molar-refractivity contribution in [3.63, 3.8) is 0 Å². The van der Waals surface area contributed by atoms with Gasteiger partial charge in [0.05, 0.1) is 17.6 Å². The summed E-state index contributed by atoms with van der Waals surface area (Å²) < 4.78 is 3.68. The fourth-order valence-corrected chi connectivity index (χ4v) is 2.88. The number of para-hydroxylation sites is 2. The van der Waals surface area contributed by atoms with Gasteiger partial charge in [-0.1, -0.05) is 49.5 Å². The lowest BCUT2D eigenvalue weighted by Crippen LogP contribution is -2.17. The van der Waals surface area contributed by atoms with Crippen LogP contribution in [0.15, 0.2) is 54.7 Å². The number of benzene rings is 2. The van der Waals surface area contributed by atoms with E-state index in [9.17, 15) is 9.59 Å². The highest BCUT2D eigenvalue weighted by atomic mass is 32.1. The second-order valence-corrected chi connectivity index (χ2v) is 7.85. The highest BCUT2D eigenvalue weighted by Crippen LogP contribution is 2.25. The number of nitrogens with zero attached hydrogens (tertiary/aromatic N) is 2. The number of anilines is 2. The Balaban J connectivity index is 1.75. The molecule has 1 heterocycles. The highest BCUT2D eigenvalue weighted by Gasteiger charge is 2.16. The number of rotatable bonds is 4. The SMILES string of the molecule is CC(C)(C)c1ccc(C(=O)Nc2ccccc2NC(=O)c2cnns2)cc1. The van der Waals surface area contributed by atoms with Crippen molar-refractivity contribution >= 4 is 34.7 Å². The maximum absolute atomic E-state index is 12.6. The molecule has 0 saturated heterocycles. The van der Waals surface area contributed by atoms with E-state index in [2.05, 4.69) is 41.0 Å². The third-order valence-electron chi connectivity index (χ3n) is 4.02. The number of hydrogen-bond donors (Lipinski definition) is 2. The Labute approximate surface area is 161 Å². The largest absolute Gasteiger partial charge is 0.320 e. The normalized spacial score (nSPS) is 11.1. The molecule has 0 aliphatic heterocycles. The number of carbonyl (C=O) groups is 2. The number of aromatic nitrogens is 2. The average Bonchev–Trinajstić information content (AvgIpc) is 3.17. The molecule has 0 saturated carbocycles. The second kappa shape index (κ2) is 7.67. The van der Waals surface area contributed by atoms with Crippen molar-refractivity contribution in [1.82, 2.24) is 9.59 Å². The zero-order valence-electron chi connectivity index (χ0n) is 15.3. The summed E-state index contributed by atoms with van der Waals surface area (Å²) in [4.78, 5) is 25.2. The summed E-state index contributed by atoms with van der Waals surface area (Å²) in [7, 11) is 0. The first-order valence-corrected chi connectivity index (χ1v) is 9.21. The molecule has 3 rings (SSSR count). The van der Waals surface area contributed by atoms with Crippen LogP contribution in [0, 0.1) is 0 Å². The zero-order chi connectivity index (χ0) is 19.4. The van der Waals surface area contributed by atoms with Gasteiger partial charge in [0.15, 0.2) is 0 Å². The van der Waals surface area contributed by atoms with Crippen LogP contribution in [0.1, 0.15) is 46.4 Å². The van der Waals surface area contributed by atoms with Gasteiger partial charge in [0, 0.05) is 5.56 Å². The summed E-state index contributed by atoms with van der Waals surface area (Å²) in [5.74, 6) is -0.558. The predicted octanol–water partition coefficient (Wildman–Crippen LogP) is 4.34. The van der Waals surface area contributed by atoms with E-state index >= 15 is 0 Å². The van der Waals surface area contributed by atoms with Gasteiger partial charge in [-0.05, 0) is 46.8 Å². The summed E-state index contributed by atoms with van der Waals surface area (Å²) in [6, 6.07) is 14.6. The average molecular weight is 380 g/mol. The van der Waals surface area contributed by atoms with Gasteiger partial charge in [-0.15, -0.1) is 5.10 Å². The van der Waals surface area contributed by atoms with Crippen LogP contribution < -0.4 is 10.6 Å². The fourth-order valence-electron chi connectivity index (χ4n) is 2.47. The molecule has 138 valence electrons. The smallest absolute Gasteiger partial charge is 0.269 e. The molecule has 27 heavy (non-hydrogen) atoms. The first-order chi connectivity index (χ1) is 12.8. The van der Waals surface area contributed by atoms with E-state index in [0.29, 0.717) is 21.8 Å². The van der Waals surface area contributed by atoms with Crippen LogP contribution in [0.4, 0.5) is 11.4 Å². The van der Waals surface area contributed by atoms with E-state index in [1.54, 1.807) is 36.4 Å². The van der Waals surface area contributed by atoms with E-state index in [4.69, 9.17) is 0 Å². The minimum absolute atomic E-state index is 0.0252. The van der Waals surface area contributed by atoms with Crippen molar-refractivity contribution in [1.29, 1.82) is 0 Å². The molecule has 3 aromatic rings. The Kier molecular flexibility index (Phi) is 5.32. The van der Waals surface area contributed by atoms with Gasteiger partial charge in [0.2, 0.25) is 0 Å². The third kappa shape index (κ3) is 4.57. The molecule has 0 aliphatic rings. The van der Waals surface area contributed by atoms with Crippen LogP contribution in [0.2, 0.25) is 0 Å². The number of carbonyl (C=O) groups excluding carboxylic acids is 2. The molecule has 6 nitrogen and oxygen atoms in total. The van der Waals surface area contributed by atoms with Gasteiger partial charge in [0.1, 0.15) is 4.88 Å². The van der Waals surface area contributed by atoms with Crippen molar-refractivity contribution in [3.8, 4) is 0 Å². The van der Waals surface area contributed by atoms with Gasteiger partial charge in [-0.3, -0.25) is 9.59 Å². The number of hydrogen-bond acceptors (Lipinski definition) is 5. The molecule has 0 fully saturated rings. The summed E-state index contributed by atoms with van der Waals surface area (Å²) in [5.41, 5.74) is 2.77. The molecule has 0 atom stereocenters. The first-order valence-electron chi connectivity index (χ1n) is 8.44. The van der Waals surface area contributed by atoms with Crippen molar-refractivity contribution in [3.05, 3.63) is 70.7 Å². The molecular formula is C20H20N4O2S. The van der Waals surface area contributed by atoms with Crippen molar-refractivity contribution in [2.24, 2.45) is 0 Å². The van der Waals surface area contributed by atoms with E-state index < -0.39 is 0 Å². The maximum Gasteiger partial charge on any atom is 0.269 e. The molecule has 7 heteroatoms. The predicted molar refractivity (Wildman–Crippen MR) is 107 cm³/mol. The third-order valence-corrected chi connectivity index (χ3v) is 4.69. The molecule has 0 spiro atoms. The quantitative estimate of drug-likeness (QED) is 0.705. The summed E-state index contributed by atoms with van der Waals surface area (Å²) in [6.07, 6.45) is 1.40. The van der Waals surface area contributed by atoms with Crippen molar-refractivity contribution in [2.45, 2.75) is 26.2 Å². The zero-order valence-corrected chi connectivity index (χ0v) is 16.1. The van der Waals surface area contributed by atoms with Gasteiger partial charge in [-0.25, -0.2) is 0 Å². The summed E-state index contributed by atoms with van der Waals surface area (Å²) in [6.45, 7) is 6.37. The first kappa shape index (κ1) is 18.7. The molecule has 1 aromatic heterocycles. The van der Waals surface area contributed by atoms with E-state index in [-0.39, 0.29) is 17.2 Å². The van der Waals surface area contributed by atoms with Crippen LogP contribution >= 0.6 is 11.5 Å². The summed E-state index contributed by atoms with van der Waals surface area (Å²) >= 11 is 1.01. The molecule has 0 bridgehead atoms. The van der Waals surface area contributed by atoms with Crippen LogP contribution in [0.25, 0.3) is 0 Å². The van der Waals surface area contributed by atoms with Crippen LogP contribution in [0.5, 0.6) is 0 Å². The standard InChI is InChI=1S/C20H20N4O2S/c1-20(2,3)14-10-8-13(9-11-14)18(25)22-15-6-4-5-7-16(15)23-19(26)17-12-21-24-27-17/h4-12H,1-3H3,(H,22,25)(H,23,26). The molecular weight excluding hydrogens is 360 g/mol. The van der Waals surface area contributed by atoms with Crippen LogP contribution in [-0.2, 0) is 5.41 Å². The molecule has 0 radical (unpaired) electrons. The molecule has 2 N–H and O–H groups in total. The highest BCUT2D eigenvalue weighted by molar-refractivity contribution is 7.07. The van der Waals surface area contributed by atoms with Gasteiger partial charge in [-0.2, -0.15) is 0 Å². The van der Waals surface area contributed by atoms with Gasteiger partial charge in [0.25, 0.3) is 11.8 Å². The van der Waals surface area contributed by atoms with Crippen LogP contribution in [-0.4, -0.2) is 21.4 Å². The molecule has 2 aromatic carbocycles. The molecule has 0 unspecified atom stereocenters. The minimum atomic E-state index is -0.318. The van der Waals surface area contributed by atoms with E-state index in [1.165, 1.54) is 6.20 Å². The number of nitrogens with one attached hydrogen (secondary N) is 2. The lowest BCUT2D eigenvalue weighted by molar-refractivity contribution is 0.101. The monoisotopic (exact) mass is 380 g/mol. The van der Waals surface area contributed by atoms with Gasteiger partial charge >= 0.3 is 0 Å². The maximum atomic E-state index is 12.6. The second-order valence-electron chi connectivity index (χ2n) is 7.06. The number of amides is 2. The Bertz CT molecular complexity index is 945. The Hall–Kier alpha value is -3.06. The lowest BCUT2D eigenvalue weighted by Gasteiger charge is -2.19. The van der Waals surface area contributed by atoms with Crippen LogP contribution in [0.3, 0.4) is 0 Å². The Morgan fingerprint density at radius 3 is 2.00 bits per heavy atom. The van der Waals surface area contributed by atoms with E-state index in [0.717, 1.165) is 17.1 Å². The molecule has 0 aliphatic carbocycles. The van der Waals surface area contributed by atoms with Crippen molar-refractivity contribution < 1.29 is 9.59 Å². The Morgan fingerprint density at radius 2 is 1.48 bits per heavy atom. The molecule has 2 amide bonds. The topological polar surface area (TPSA) is 84.0 Å². The van der Waals surface area contributed by atoms with Gasteiger partial charge < -0.3 is 10.6 Å². The lowest BCUT2D eigenvalue weighted by atomic mass is 9.87. The van der Waals surface area contributed by atoms with E-state index in [1.807, 2.05) is 12.1 Å². The fraction of sp³-hybridized carbons (Fsp3) is 0.200. The summed E-state index contributed by atoms with van der Waals surface area (Å²) in [5, 5.41) is 9.29. The Morgan fingerprint density at radius 1 is 0.889 bits per heavy atom.